The summed E-state index contributed by atoms with van der Waals surface area (Å²) in [6.07, 6.45) is 0.0267. The molecule has 0 bridgehead atoms. The maximum Gasteiger partial charge on any atom is 0.421 e. The van der Waals surface area contributed by atoms with Crippen molar-refractivity contribution in [2.75, 3.05) is 4.90 Å². The number of ether oxygens (including phenoxy) is 1. The topological polar surface area (TPSA) is 95.4 Å². The standard InChI is InChI=1S/C14H16N4O3/c1-14(2,3)21-13(20)18-11-6-5-10(16-17-15)8-9(11)4-7-12(18)19/h5-6,8H,4,7H2,1-3H3. The Labute approximate surface area is 122 Å². The summed E-state index contributed by atoms with van der Waals surface area (Å²) in [5, 5.41) is 3.52. The highest BCUT2D eigenvalue weighted by atomic mass is 16.6. The third kappa shape index (κ3) is 3.32. The van der Waals surface area contributed by atoms with E-state index >= 15 is 0 Å². The van der Waals surface area contributed by atoms with Gasteiger partial charge in [-0.25, -0.2) is 9.69 Å². The van der Waals surface area contributed by atoms with Gasteiger partial charge in [0.05, 0.1) is 5.69 Å². The van der Waals surface area contributed by atoms with Crippen molar-refractivity contribution in [3.8, 4) is 0 Å². The van der Waals surface area contributed by atoms with Crippen LogP contribution in [0.5, 0.6) is 0 Å². The van der Waals surface area contributed by atoms with Crippen LogP contribution in [0.1, 0.15) is 32.8 Å². The highest BCUT2D eigenvalue weighted by Crippen LogP contribution is 2.32. The molecule has 1 aromatic rings. The number of azide groups is 1. The Hall–Kier alpha value is -2.53. The Bertz CT molecular complexity index is 642. The molecule has 0 radical (unpaired) electrons. The lowest BCUT2D eigenvalue weighted by Gasteiger charge is -2.30. The molecule has 1 aliphatic rings. The van der Waals surface area contributed by atoms with Gasteiger partial charge in [-0.15, -0.1) is 0 Å². The number of benzene rings is 1. The molecule has 0 spiro atoms. The number of hydrogen-bond donors (Lipinski definition) is 0. The Balaban J connectivity index is 2.38. The highest BCUT2D eigenvalue weighted by Gasteiger charge is 2.32. The summed E-state index contributed by atoms with van der Waals surface area (Å²) >= 11 is 0. The van der Waals surface area contributed by atoms with Gasteiger partial charge in [0.15, 0.2) is 0 Å². The summed E-state index contributed by atoms with van der Waals surface area (Å²) in [4.78, 5) is 28.0. The van der Waals surface area contributed by atoms with Crippen molar-refractivity contribution in [3.05, 3.63) is 34.2 Å². The molecule has 0 saturated heterocycles. The van der Waals surface area contributed by atoms with E-state index in [-0.39, 0.29) is 12.3 Å². The number of nitrogens with zero attached hydrogens (tertiary/aromatic N) is 4. The maximum atomic E-state index is 12.2. The van der Waals surface area contributed by atoms with Crippen molar-refractivity contribution in [2.45, 2.75) is 39.2 Å². The number of aryl methyl sites for hydroxylation is 1. The van der Waals surface area contributed by atoms with Crippen molar-refractivity contribution in [1.29, 1.82) is 0 Å². The quantitative estimate of drug-likeness (QED) is 0.446. The lowest BCUT2D eigenvalue weighted by Crippen LogP contribution is -2.43. The molecule has 1 aromatic carbocycles. The van der Waals surface area contributed by atoms with Gasteiger partial charge in [-0.05, 0) is 50.4 Å². The van der Waals surface area contributed by atoms with E-state index in [1.54, 1.807) is 39.0 Å². The predicted molar refractivity (Wildman–Crippen MR) is 77.3 cm³/mol. The second-order valence-corrected chi connectivity index (χ2v) is 5.71. The molecule has 21 heavy (non-hydrogen) atoms. The first-order chi connectivity index (χ1) is 9.81. The minimum absolute atomic E-state index is 0.214. The van der Waals surface area contributed by atoms with Crippen LogP contribution in [0.2, 0.25) is 0 Å². The SMILES string of the molecule is CC(C)(C)OC(=O)N1C(=O)CCc2cc(N=[N+]=[N-])ccc21. The average molecular weight is 288 g/mol. The molecule has 0 unspecified atom stereocenters. The number of fused-ring (bicyclic) bond motifs is 1. The molecule has 0 atom stereocenters. The molecule has 0 fully saturated rings. The van der Waals surface area contributed by atoms with Gasteiger partial charge in [0, 0.05) is 17.0 Å². The molecule has 2 rings (SSSR count). The minimum atomic E-state index is -0.690. The van der Waals surface area contributed by atoms with E-state index < -0.39 is 11.7 Å². The zero-order valence-corrected chi connectivity index (χ0v) is 12.2. The van der Waals surface area contributed by atoms with E-state index in [0.717, 1.165) is 10.5 Å². The van der Waals surface area contributed by atoms with E-state index in [0.29, 0.717) is 17.8 Å². The highest BCUT2D eigenvalue weighted by molar-refractivity contribution is 6.14. The minimum Gasteiger partial charge on any atom is -0.443 e. The number of hydrogen-bond acceptors (Lipinski definition) is 4. The summed E-state index contributed by atoms with van der Waals surface area (Å²) in [5.74, 6) is -0.298. The molecule has 0 saturated carbocycles. The van der Waals surface area contributed by atoms with Gasteiger partial charge in [0.1, 0.15) is 5.60 Å². The summed E-state index contributed by atoms with van der Waals surface area (Å²) in [6.45, 7) is 5.22. The number of anilines is 1. The number of amides is 2. The number of imide groups is 1. The molecule has 1 aliphatic heterocycles. The van der Waals surface area contributed by atoms with Crippen LogP contribution in [0.25, 0.3) is 10.4 Å². The van der Waals surface area contributed by atoms with Gasteiger partial charge < -0.3 is 4.74 Å². The van der Waals surface area contributed by atoms with E-state index in [1.165, 1.54) is 0 Å². The van der Waals surface area contributed by atoms with Crippen molar-refractivity contribution < 1.29 is 14.3 Å². The molecular weight excluding hydrogens is 272 g/mol. The van der Waals surface area contributed by atoms with Gasteiger partial charge >= 0.3 is 6.09 Å². The van der Waals surface area contributed by atoms with E-state index in [9.17, 15) is 9.59 Å². The van der Waals surface area contributed by atoms with E-state index in [4.69, 9.17) is 10.3 Å². The van der Waals surface area contributed by atoms with Crippen LogP contribution in [0, 0.1) is 0 Å². The fraction of sp³-hybridized carbons (Fsp3) is 0.429. The number of rotatable bonds is 1. The third-order valence-electron chi connectivity index (χ3n) is 2.90. The molecule has 7 nitrogen and oxygen atoms in total. The van der Waals surface area contributed by atoms with Crippen LogP contribution >= 0.6 is 0 Å². The zero-order chi connectivity index (χ0) is 15.6. The molecule has 2 amide bonds. The Morgan fingerprint density at radius 3 is 2.71 bits per heavy atom. The lowest BCUT2D eigenvalue weighted by molar-refractivity contribution is -0.118. The van der Waals surface area contributed by atoms with Crippen molar-refractivity contribution in [3.63, 3.8) is 0 Å². The molecular formula is C14H16N4O3. The molecule has 0 N–H and O–H groups in total. The van der Waals surface area contributed by atoms with E-state index in [1.807, 2.05) is 0 Å². The third-order valence-corrected chi connectivity index (χ3v) is 2.90. The first kappa shape index (κ1) is 14.9. The smallest absolute Gasteiger partial charge is 0.421 e. The van der Waals surface area contributed by atoms with Crippen molar-refractivity contribution >= 4 is 23.4 Å². The van der Waals surface area contributed by atoms with Gasteiger partial charge in [0.25, 0.3) is 0 Å². The van der Waals surface area contributed by atoms with Crippen molar-refractivity contribution in [1.82, 2.24) is 0 Å². The van der Waals surface area contributed by atoms with Crippen LogP contribution in [0.15, 0.2) is 23.3 Å². The van der Waals surface area contributed by atoms with Crippen LogP contribution < -0.4 is 4.90 Å². The molecule has 0 aliphatic carbocycles. The van der Waals surface area contributed by atoms with Gasteiger partial charge in [0.2, 0.25) is 5.91 Å². The Morgan fingerprint density at radius 2 is 2.10 bits per heavy atom. The van der Waals surface area contributed by atoms with Crippen molar-refractivity contribution in [2.24, 2.45) is 5.11 Å². The first-order valence-corrected chi connectivity index (χ1v) is 6.56. The molecule has 110 valence electrons. The maximum absolute atomic E-state index is 12.2. The summed E-state index contributed by atoms with van der Waals surface area (Å²) < 4.78 is 5.27. The average Bonchev–Trinajstić information content (AvgIpc) is 2.37. The Kier molecular flexibility index (Phi) is 3.86. The van der Waals surface area contributed by atoms with Crippen LogP contribution in [-0.2, 0) is 16.0 Å². The first-order valence-electron chi connectivity index (χ1n) is 6.56. The zero-order valence-electron chi connectivity index (χ0n) is 12.2. The fourth-order valence-electron chi connectivity index (χ4n) is 2.10. The second kappa shape index (κ2) is 5.46. The fourth-order valence-corrected chi connectivity index (χ4v) is 2.10. The monoisotopic (exact) mass is 288 g/mol. The number of carbonyl (C=O) groups excluding carboxylic acids is 2. The lowest BCUT2D eigenvalue weighted by atomic mass is 10.0. The predicted octanol–water partition coefficient (Wildman–Crippen LogP) is 3.84. The van der Waals surface area contributed by atoms with Gasteiger partial charge in [-0.2, -0.15) is 0 Å². The number of carbonyl (C=O) groups is 2. The van der Waals surface area contributed by atoms with E-state index in [2.05, 4.69) is 10.0 Å². The van der Waals surface area contributed by atoms with Crippen LogP contribution in [0.3, 0.4) is 0 Å². The largest absolute Gasteiger partial charge is 0.443 e. The molecule has 0 aromatic heterocycles. The summed E-state index contributed by atoms with van der Waals surface area (Å²) in [6, 6.07) is 4.84. The summed E-state index contributed by atoms with van der Waals surface area (Å²) in [7, 11) is 0. The van der Waals surface area contributed by atoms with Crippen LogP contribution in [0.4, 0.5) is 16.2 Å². The van der Waals surface area contributed by atoms with Gasteiger partial charge in [-0.3, -0.25) is 4.79 Å². The Morgan fingerprint density at radius 1 is 1.38 bits per heavy atom. The normalized spacial score (nSPS) is 14.2. The second-order valence-electron chi connectivity index (χ2n) is 5.71. The van der Waals surface area contributed by atoms with Gasteiger partial charge in [-0.1, -0.05) is 11.2 Å². The molecule has 1 heterocycles. The molecule has 7 heteroatoms. The van der Waals surface area contributed by atoms with Crippen LogP contribution in [-0.4, -0.2) is 17.6 Å². The summed E-state index contributed by atoms with van der Waals surface area (Å²) in [5.41, 5.74) is 9.49.